The average molecular weight is 479 g/mol. The van der Waals surface area contributed by atoms with E-state index in [1.165, 1.54) is 18.0 Å². The van der Waals surface area contributed by atoms with Crippen LogP contribution in [0.1, 0.15) is 11.1 Å². The van der Waals surface area contributed by atoms with Crippen molar-refractivity contribution < 1.29 is 14.5 Å². The summed E-state index contributed by atoms with van der Waals surface area (Å²) in [4.78, 5) is 12.3. The Morgan fingerprint density at radius 2 is 1.88 bits per heavy atom. The molecule has 0 aliphatic heterocycles. The van der Waals surface area contributed by atoms with Gasteiger partial charge in [-0.25, -0.2) is 5.43 Å². The third-order valence-corrected chi connectivity index (χ3v) is 5.93. The van der Waals surface area contributed by atoms with Crippen LogP contribution in [0.2, 0.25) is 5.02 Å². The van der Waals surface area contributed by atoms with Crippen LogP contribution in [0.3, 0.4) is 0 Å². The molecule has 1 amide bonds. The van der Waals surface area contributed by atoms with Crippen LogP contribution in [-0.2, 0) is 4.79 Å². The first-order chi connectivity index (χ1) is 16.0. The number of phenolic OH excluding ortho intramolecular Hbond substituents is 1. The summed E-state index contributed by atoms with van der Waals surface area (Å²) < 4.78 is 1.96. The molecular formula is C24H21ClN5O2S+. The minimum Gasteiger partial charge on any atom is -0.507 e. The number of phenols is 1. The second-order valence-electron chi connectivity index (χ2n) is 7.17. The molecule has 0 unspecified atom stereocenters. The first-order valence-electron chi connectivity index (χ1n) is 10.1. The number of benzene rings is 3. The summed E-state index contributed by atoms with van der Waals surface area (Å²) in [6.07, 6.45) is 1.40. The quantitative estimate of drug-likeness (QED) is 0.160. The Morgan fingerprint density at radius 3 is 2.61 bits per heavy atom. The van der Waals surface area contributed by atoms with Crippen molar-refractivity contribution in [2.45, 2.75) is 12.1 Å². The number of aryl methyl sites for hydroxylation is 1. The number of hydrazone groups is 1. The van der Waals surface area contributed by atoms with Gasteiger partial charge in [0.25, 0.3) is 11.7 Å². The Labute approximate surface area is 200 Å². The monoisotopic (exact) mass is 478 g/mol. The van der Waals surface area contributed by atoms with Gasteiger partial charge in [0, 0.05) is 10.6 Å². The van der Waals surface area contributed by atoms with Gasteiger partial charge in [-0.2, -0.15) is 9.67 Å². The van der Waals surface area contributed by atoms with Crippen LogP contribution in [0.15, 0.2) is 83.1 Å². The molecule has 1 aromatic heterocycles. The number of aromatic amines is 1. The van der Waals surface area contributed by atoms with Crippen molar-refractivity contribution in [1.82, 2.24) is 15.6 Å². The fraction of sp³-hybridized carbons (Fsp3) is 0.0833. The molecule has 0 atom stereocenters. The van der Waals surface area contributed by atoms with E-state index in [9.17, 15) is 9.90 Å². The number of hydrogen-bond acceptors (Lipinski definition) is 5. The molecule has 33 heavy (non-hydrogen) atoms. The Morgan fingerprint density at radius 1 is 1.15 bits per heavy atom. The molecule has 1 heterocycles. The normalized spacial score (nSPS) is 11.1. The van der Waals surface area contributed by atoms with E-state index in [4.69, 9.17) is 11.6 Å². The van der Waals surface area contributed by atoms with Gasteiger partial charge in [-0.15, -0.1) is 5.10 Å². The van der Waals surface area contributed by atoms with Gasteiger partial charge in [-0.05, 0) is 67.2 Å². The summed E-state index contributed by atoms with van der Waals surface area (Å²) in [6, 6.07) is 22.3. The maximum absolute atomic E-state index is 12.3. The molecule has 0 spiro atoms. The molecule has 0 bridgehead atoms. The van der Waals surface area contributed by atoms with Crippen LogP contribution in [-0.4, -0.2) is 33.2 Å². The third-order valence-electron chi connectivity index (χ3n) is 4.74. The highest BCUT2D eigenvalue weighted by Crippen LogP contribution is 2.22. The highest BCUT2D eigenvalue weighted by Gasteiger charge is 2.24. The molecule has 3 aromatic carbocycles. The topological polar surface area (TPSA) is 94.2 Å². The third kappa shape index (κ3) is 5.60. The molecule has 166 valence electrons. The Bertz CT molecular complexity index is 1290. The molecular weight excluding hydrogens is 458 g/mol. The number of carbonyl (C=O) groups is 1. The van der Waals surface area contributed by atoms with Crippen molar-refractivity contribution >= 4 is 35.5 Å². The van der Waals surface area contributed by atoms with Gasteiger partial charge in [0.15, 0.2) is 0 Å². The number of H-pyrrole nitrogens is 1. The smallest absolute Gasteiger partial charge is 0.342 e. The minimum atomic E-state index is -0.293. The van der Waals surface area contributed by atoms with Crippen molar-refractivity contribution in [3.63, 3.8) is 0 Å². The zero-order valence-electron chi connectivity index (χ0n) is 17.7. The lowest BCUT2D eigenvalue weighted by Gasteiger charge is -2.05. The maximum atomic E-state index is 12.3. The van der Waals surface area contributed by atoms with Gasteiger partial charge in [0.05, 0.1) is 22.6 Å². The summed E-state index contributed by atoms with van der Waals surface area (Å²) in [5, 5.41) is 22.5. The molecule has 4 rings (SSSR count). The number of para-hydroxylation sites is 1. The number of rotatable bonds is 7. The van der Waals surface area contributed by atoms with E-state index in [1.807, 2.05) is 60.0 Å². The van der Waals surface area contributed by atoms with Crippen molar-refractivity contribution in [1.29, 1.82) is 0 Å². The number of aromatic nitrogens is 3. The van der Waals surface area contributed by atoms with E-state index in [0.717, 1.165) is 22.6 Å². The Balaban J connectivity index is 1.52. The summed E-state index contributed by atoms with van der Waals surface area (Å²) >= 11 is 7.33. The van der Waals surface area contributed by atoms with Crippen LogP contribution in [0.25, 0.3) is 17.1 Å². The molecule has 7 nitrogen and oxygen atoms in total. The molecule has 0 saturated heterocycles. The van der Waals surface area contributed by atoms with Gasteiger partial charge < -0.3 is 5.11 Å². The summed E-state index contributed by atoms with van der Waals surface area (Å²) in [7, 11) is 0. The van der Waals surface area contributed by atoms with Crippen molar-refractivity contribution in [2.24, 2.45) is 5.10 Å². The van der Waals surface area contributed by atoms with Crippen LogP contribution in [0.5, 0.6) is 5.75 Å². The number of nitrogens with one attached hydrogen (secondary N) is 2. The maximum Gasteiger partial charge on any atom is 0.342 e. The summed E-state index contributed by atoms with van der Waals surface area (Å²) in [5.41, 5.74) is 5.97. The van der Waals surface area contributed by atoms with Gasteiger partial charge in [-0.3, -0.25) is 4.79 Å². The Kier molecular flexibility index (Phi) is 7.07. The van der Waals surface area contributed by atoms with E-state index >= 15 is 0 Å². The number of hydrogen-bond donors (Lipinski definition) is 3. The number of thioether (sulfide) groups is 1. The zero-order chi connectivity index (χ0) is 23.2. The number of amides is 1. The van der Waals surface area contributed by atoms with E-state index in [1.54, 1.807) is 24.3 Å². The molecule has 0 aliphatic rings. The highest BCUT2D eigenvalue weighted by molar-refractivity contribution is 7.99. The average Bonchev–Trinajstić information content (AvgIpc) is 3.24. The lowest BCUT2D eigenvalue weighted by Crippen LogP contribution is -2.34. The first-order valence-corrected chi connectivity index (χ1v) is 11.4. The Hall–Kier alpha value is -3.62. The van der Waals surface area contributed by atoms with E-state index in [-0.39, 0.29) is 17.4 Å². The molecule has 3 N–H and O–H groups in total. The second kappa shape index (κ2) is 10.3. The van der Waals surface area contributed by atoms with Crippen LogP contribution >= 0.6 is 23.4 Å². The van der Waals surface area contributed by atoms with E-state index < -0.39 is 0 Å². The number of carbonyl (C=O) groups excluding carboxylic acids is 1. The molecule has 0 aliphatic carbocycles. The first kappa shape index (κ1) is 22.6. The predicted octanol–water partition coefficient (Wildman–Crippen LogP) is 4.26. The van der Waals surface area contributed by atoms with Crippen molar-refractivity contribution in [3.05, 3.63) is 88.9 Å². The van der Waals surface area contributed by atoms with Crippen molar-refractivity contribution in [2.75, 3.05) is 5.75 Å². The van der Waals surface area contributed by atoms with Gasteiger partial charge in [-0.1, -0.05) is 41.4 Å². The number of halogens is 1. The summed E-state index contributed by atoms with van der Waals surface area (Å²) in [5.74, 6) is 0.680. The fourth-order valence-electron chi connectivity index (χ4n) is 3.06. The summed E-state index contributed by atoms with van der Waals surface area (Å²) in [6.45, 7) is 2.03. The molecule has 9 heteroatoms. The second-order valence-corrected chi connectivity index (χ2v) is 8.55. The standard InChI is InChI=1S/C24H20ClN5O2S/c1-16-6-12-20(13-7-16)30-23(17-8-10-19(25)11-9-17)28-29-24(30)33-15-22(32)27-26-14-18-4-2-3-5-21(18)31/h2-14H,15H2,1H3,(H2,26,27,31,32)/p+1. The number of nitrogens with zero attached hydrogens (tertiary/aromatic N) is 3. The molecule has 0 saturated carbocycles. The van der Waals surface area contributed by atoms with E-state index in [2.05, 4.69) is 20.7 Å². The minimum absolute atomic E-state index is 0.0928. The van der Waals surface area contributed by atoms with Gasteiger partial charge >= 0.3 is 5.16 Å². The highest BCUT2D eigenvalue weighted by atomic mass is 35.5. The molecule has 0 radical (unpaired) electrons. The van der Waals surface area contributed by atoms with Crippen LogP contribution in [0, 0.1) is 6.92 Å². The van der Waals surface area contributed by atoms with Gasteiger partial charge in [0.2, 0.25) is 0 Å². The number of aromatic hydroxyl groups is 1. The fourth-order valence-corrected chi connectivity index (χ4v) is 3.95. The SMILES string of the molecule is Cc1ccc(-[n+]2c(SCC(=O)NN=Cc3ccccc3O)n[nH]c2-c2ccc(Cl)cc2)cc1. The van der Waals surface area contributed by atoms with Crippen LogP contribution < -0.4 is 9.99 Å². The van der Waals surface area contributed by atoms with Crippen LogP contribution in [0.4, 0.5) is 0 Å². The molecule has 0 fully saturated rings. The largest absolute Gasteiger partial charge is 0.507 e. The van der Waals surface area contributed by atoms with Crippen molar-refractivity contribution in [3.8, 4) is 22.8 Å². The van der Waals surface area contributed by atoms with E-state index in [0.29, 0.717) is 15.7 Å². The zero-order valence-corrected chi connectivity index (χ0v) is 19.3. The molecule has 4 aromatic rings. The lowest BCUT2D eigenvalue weighted by molar-refractivity contribution is -0.625. The lowest BCUT2D eigenvalue weighted by atomic mass is 10.2. The predicted molar refractivity (Wildman–Crippen MR) is 130 cm³/mol. The van der Waals surface area contributed by atoms with Gasteiger partial charge in [0.1, 0.15) is 11.4 Å².